The maximum atomic E-state index is 11.3. The van der Waals surface area contributed by atoms with Crippen LogP contribution >= 0.6 is 0 Å². The molecule has 1 amide bonds. The summed E-state index contributed by atoms with van der Waals surface area (Å²) in [5, 5.41) is 8.49. The molecule has 0 rings (SSSR count). The van der Waals surface area contributed by atoms with E-state index in [1.807, 2.05) is 13.8 Å². The van der Waals surface area contributed by atoms with Crippen molar-refractivity contribution in [1.82, 2.24) is 4.90 Å². The predicted molar refractivity (Wildman–Crippen MR) is 51.0 cm³/mol. The molecule has 0 heterocycles. The van der Waals surface area contributed by atoms with Gasteiger partial charge in [0.15, 0.2) is 6.10 Å². The maximum absolute atomic E-state index is 11.3. The van der Waals surface area contributed by atoms with Crippen molar-refractivity contribution < 1.29 is 19.4 Å². The predicted octanol–water partition coefficient (Wildman–Crippen LogP) is 0.343. The number of ether oxygens (including phenoxy) is 1. The Hall–Kier alpha value is -1.10. The van der Waals surface area contributed by atoms with Gasteiger partial charge in [-0.2, -0.15) is 0 Å². The van der Waals surface area contributed by atoms with Crippen molar-refractivity contribution in [1.29, 1.82) is 0 Å². The lowest BCUT2D eigenvalue weighted by Gasteiger charge is -2.21. The number of carboxylic acids is 1. The number of carboxylic acid groups (broad SMARTS) is 1. The molecule has 1 N–H and O–H groups in total. The zero-order chi connectivity index (χ0) is 11.3. The Bertz CT molecular complexity index is 215. The number of rotatable bonds is 5. The summed E-state index contributed by atoms with van der Waals surface area (Å²) < 4.78 is 4.85. The van der Waals surface area contributed by atoms with Crippen LogP contribution in [0.2, 0.25) is 0 Å². The minimum atomic E-state index is -1.06. The molecule has 0 aliphatic heterocycles. The summed E-state index contributed by atoms with van der Waals surface area (Å²) in [6.45, 7) is 4.95. The lowest BCUT2D eigenvalue weighted by atomic mass is 10.3. The van der Waals surface area contributed by atoms with Crippen LogP contribution < -0.4 is 0 Å². The fourth-order valence-corrected chi connectivity index (χ4v) is 0.657. The van der Waals surface area contributed by atoms with Crippen LogP contribution in [0.25, 0.3) is 0 Å². The zero-order valence-corrected chi connectivity index (χ0v) is 8.98. The molecule has 0 aromatic rings. The topological polar surface area (TPSA) is 66.8 Å². The number of aliphatic carboxylic acids is 1. The van der Waals surface area contributed by atoms with E-state index in [2.05, 4.69) is 0 Å². The van der Waals surface area contributed by atoms with Crippen LogP contribution in [0.5, 0.6) is 0 Å². The van der Waals surface area contributed by atoms with E-state index in [9.17, 15) is 9.59 Å². The molecule has 0 fully saturated rings. The highest BCUT2D eigenvalue weighted by Crippen LogP contribution is 1.97. The molecule has 0 saturated heterocycles. The lowest BCUT2D eigenvalue weighted by Crippen LogP contribution is -2.37. The quantitative estimate of drug-likeness (QED) is 0.699. The van der Waals surface area contributed by atoms with Crippen molar-refractivity contribution in [2.45, 2.75) is 32.9 Å². The van der Waals surface area contributed by atoms with Crippen LogP contribution in [0.4, 0.5) is 0 Å². The monoisotopic (exact) mass is 203 g/mol. The largest absolute Gasteiger partial charge is 0.479 e. The minimum Gasteiger partial charge on any atom is -0.479 e. The zero-order valence-electron chi connectivity index (χ0n) is 8.98. The summed E-state index contributed by atoms with van der Waals surface area (Å²) in [6.07, 6.45) is -0.945. The molecule has 0 unspecified atom stereocenters. The Balaban J connectivity index is 3.91. The average Bonchev–Trinajstić information content (AvgIpc) is 2.11. The van der Waals surface area contributed by atoms with Crippen molar-refractivity contribution in [2.24, 2.45) is 0 Å². The summed E-state index contributed by atoms with van der Waals surface area (Å²) in [7, 11) is 1.65. The van der Waals surface area contributed by atoms with E-state index in [0.717, 1.165) is 0 Å². The normalized spacial score (nSPS) is 12.6. The molecular weight excluding hydrogens is 186 g/mol. The number of nitrogens with zero attached hydrogens (tertiary/aromatic N) is 1. The van der Waals surface area contributed by atoms with Gasteiger partial charge in [0, 0.05) is 13.1 Å². The van der Waals surface area contributed by atoms with E-state index in [0.29, 0.717) is 0 Å². The molecular formula is C9H17NO4. The Labute approximate surface area is 83.6 Å². The van der Waals surface area contributed by atoms with Gasteiger partial charge < -0.3 is 14.7 Å². The first-order chi connectivity index (χ1) is 6.36. The standard InChI is InChI=1S/C9H17NO4/c1-6(2)10(4)8(11)5-14-7(3)9(12)13/h6-7H,5H2,1-4H3,(H,12,13)/t7-/m0/s1. The van der Waals surface area contributed by atoms with Gasteiger partial charge in [-0.25, -0.2) is 4.79 Å². The fraction of sp³-hybridized carbons (Fsp3) is 0.778. The van der Waals surface area contributed by atoms with Crippen molar-refractivity contribution in [3.8, 4) is 0 Å². The molecule has 5 nitrogen and oxygen atoms in total. The van der Waals surface area contributed by atoms with Gasteiger partial charge in [0.05, 0.1) is 0 Å². The minimum absolute atomic E-state index is 0.0891. The summed E-state index contributed by atoms with van der Waals surface area (Å²) in [6, 6.07) is 0.0891. The van der Waals surface area contributed by atoms with Gasteiger partial charge in [-0.15, -0.1) is 0 Å². The highest BCUT2D eigenvalue weighted by atomic mass is 16.5. The van der Waals surface area contributed by atoms with Gasteiger partial charge in [0.1, 0.15) is 6.61 Å². The van der Waals surface area contributed by atoms with Crippen LogP contribution in [0.15, 0.2) is 0 Å². The van der Waals surface area contributed by atoms with Crippen LogP contribution in [0.1, 0.15) is 20.8 Å². The van der Waals surface area contributed by atoms with Gasteiger partial charge in [-0.1, -0.05) is 0 Å². The van der Waals surface area contributed by atoms with Crippen molar-refractivity contribution in [2.75, 3.05) is 13.7 Å². The molecule has 14 heavy (non-hydrogen) atoms. The molecule has 0 bridgehead atoms. The maximum Gasteiger partial charge on any atom is 0.332 e. The summed E-state index contributed by atoms with van der Waals surface area (Å²) in [4.78, 5) is 23.2. The second-order valence-electron chi connectivity index (χ2n) is 3.39. The number of hydrogen-bond donors (Lipinski definition) is 1. The molecule has 5 heteroatoms. The van der Waals surface area contributed by atoms with Gasteiger partial charge in [0.2, 0.25) is 5.91 Å². The van der Waals surface area contributed by atoms with Crippen LogP contribution in [0.3, 0.4) is 0 Å². The van der Waals surface area contributed by atoms with Crippen LogP contribution in [-0.4, -0.2) is 47.7 Å². The number of carbonyl (C=O) groups is 2. The molecule has 0 saturated carbocycles. The number of carbonyl (C=O) groups excluding carboxylic acids is 1. The molecule has 0 radical (unpaired) electrons. The van der Waals surface area contributed by atoms with E-state index < -0.39 is 12.1 Å². The Morgan fingerprint density at radius 3 is 2.21 bits per heavy atom. The second kappa shape index (κ2) is 5.59. The van der Waals surface area contributed by atoms with E-state index in [1.165, 1.54) is 11.8 Å². The lowest BCUT2D eigenvalue weighted by molar-refractivity contribution is -0.152. The second-order valence-corrected chi connectivity index (χ2v) is 3.39. The van der Waals surface area contributed by atoms with Gasteiger partial charge in [-0.3, -0.25) is 4.79 Å². The number of likely N-dealkylation sites (N-methyl/N-ethyl adjacent to an activating group) is 1. The van der Waals surface area contributed by atoms with Crippen molar-refractivity contribution >= 4 is 11.9 Å². The molecule has 0 aliphatic carbocycles. The van der Waals surface area contributed by atoms with E-state index in [1.54, 1.807) is 7.05 Å². The SMILES string of the molecule is CC(C)N(C)C(=O)CO[C@@H](C)C(=O)O. The first-order valence-electron chi connectivity index (χ1n) is 4.46. The third-order valence-electron chi connectivity index (χ3n) is 1.97. The van der Waals surface area contributed by atoms with Crippen molar-refractivity contribution in [3.05, 3.63) is 0 Å². The molecule has 1 atom stereocenters. The van der Waals surface area contributed by atoms with Gasteiger partial charge >= 0.3 is 5.97 Å². The molecule has 82 valence electrons. The average molecular weight is 203 g/mol. The van der Waals surface area contributed by atoms with Gasteiger partial charge in [0.25, 0.3) is 0 Å². The van der Waals surface area contributed by atoms with E-state index in [4.69, 9.17) is 9.84 Å². The molecule has 0 aromatic heterocycles. The van der Waals surface area contributed by atoms with E-state index in [-0.39, 0.29) is 18.6 Å². The van der Waals surface area contributed by atoms with Gasteiger partial charge in [-0.05, 0) is 20.8 Å². The highest BCUT2D eigenvalue weighted by Gasteiger charge is 2.16. The van der Waals surface area contributed by atoms with Crippen LogP contribution in [-0.2, 0) is 14.3 Å². The number of hydrogen-bond acceptors (Lipinski definition) is 3. The third kappa shape index (κ3) is 4.23. The smallest absolute Gasteiger partial charge is 0.332 e. The summed E-state index contributed by atoms with van der Waals surface area (Å²) in [5.74, 6) is -1.28. The highest BCUT2D eigenvalue weighted by molar-refractivity contribution is 5.78. The van der Waals surface area contributed by atoms with Crippen molar-refractivity contribution in [3.63, 3.8) is 0 Å². The summed E-state index contributed by atoms with van der Waals surface area (Å²) in [5.41, 5.74) is 0. The Kier molecular flexibility index (Phi) is 5.15. The van der Waals surface area contributed by atoms with E-state index >= 15 is 0 Å². The Morgan fingerprint density at radius 2 is 1.86 bits per heavy atom. The summed E-state index contributed by atoms with van der Waals surface area (Å²) >= 11 is 0. The van der Waals surface area contributed by atoms with Crippen LogP contribution in [0, 0.1) is 0 Å². The number of amides is 1. The fourth-order valence-electron chi connectivity index (χ4n) is 0.657. The third-order valence-corrected chi connectivity index (χ3v) is 1.97. The molecule has 0 aliphatic rings. The first-order valence-corrected chi connectivity index (χ1v) is 4.46. The first kappa shape index (κ1) is 12.9. The Morgan fingerprint density at radius 1 is 1.36 bits per heavy atom. The molecule has 0 spiro atoms. The molecule has 0 aromatic carbocycles.